The van der Waals surface area contributed by atoms with Crippen LogP contribution in [0, 0.1) is 0 Å². The number of aryl methyl sites for hydroxylation is 1. The molecule has 7 nitrogen and oxygen atoms in total. The third kappa shape index (κ3) is 6.38. The Kier molecular flexibility index (Phi) is 7.61. The van der Waals surface area contributed by atoms with Gasteiger partial charge in [0.25, 0.3) is 10.1 Å². The lowest BCUT2D eigenvalue weighted by Gasteiger charge is -2.17. The van der Waals surface area contributed by atoms with Gasteiger partial charge in [-0.05, 0) is 23.1 Å². The molecule has 32 heavy (non-hydrogen) atoms. The first-order chi connectivity index (χ1) is 15.3. The molecule has 1 heterocycles. The zero-order valence-electron chi connectivity index (χ0n) is 17.8. The van der Waals surface area contributed by atoms with E-state index in [1.54, 1.807) is 18.2 Å². The number of aromatic nitrogens is 1. The number of rotatable bonds is 9. The predicted octanol–water partition coefficient (Wildman–Crippen LogP) is 2.41. The third-order valence-electron chi connectivity index (χ3n) is 5.20. The van der Waals surface area contributed by atoms with Gasteiger partial charge >= 0.3 is 0 Å². The van der Waals surface area contributed by atoms with E-state index in [0.29, 0.717) is 29.7 Å². The summed E-state index contributed by atoms with van der Waals surface area (Å²) in [6.07, 6.45) is 4.22. The smallest absolute Gasteiger partial charge is 0.286 e. The second-order valence-electron chi connectivity index (χ2n) is 7.59. The lowest BCUT2D eigenvalue weighted by molar-refractivity contribution is -0.688. The Morgan fingerprint density at radius 3 is 2.22 bits per heavy atom. The van der Waals surface area contributed by atoms with E-state index in [9.17, 15) is 22.9 Å². The number of aromatic hydroxyl groups is 1. The largest absolute Gasteiger partial charge is 0.507 e. The van der Waals surface area contributed by atoms with Gasteiger partial charge in [0, 0.05) is 24.1 Å². The highest BCUT2D eigenvalue weighted by Crippen LogP contribution is 2.25. The molecule has 1 amide bonds. The van der Waals surface area contributed by atoms with E-state index in [-0.39, 0.29) is 18.6 Å². The molecular weight excluding hydrogens is 428 g/mol. The van der Waals surface area contributed by atoms with Crippen LogP contribution in [0.4, 0.5) is 0 Å². The van der Waals surface area contributed by atoms with Crippen LogP contribution in [0.2, 0.25) is 0 Å². The molecule has 0 bridgehead atoms. The lowest BCUT2D eigenvalue weighted by Crippen LogP contribution is -2.42. The standard InChI is InChI=1S/C24H26N2O5S/c1-2-20-7-6-8-21(24(20)28)16-23(32(29,30)31)25-22(27)15-18-9-11-19(12-10-18)17-26-13-4-3-5-14-26/h3-14,23H,2,15-17H2,1H3,(H2-,25,27,28,29,30,31)/p+1. The van der Waals surface area contributed by atoms with Crippen LogP contribution in [0.1, 0.15) is 29.2 Å². The van der Waals surface area contributed by atoms with Crippen LogP contribution in [0.25, 0.3) is 0 Å². The minimum absolute atomic E-state index is 0.0234. The van der Waals surface area contributed by atoms with Crippen LogP contribution in [-0.4, -0.2) is 29.4 Å². The second kappa shape index (κ2) is 10.4. The van der Waals surface area contributed by atoms with Crippen LogP contribution >= 0.6 is 0 Å². The van der Waals surface area contributed by atoms with Crippen molar-refractivity contribution in [1.29, 1.82) is 0 Å². The molecule has 0 radical (unpaired) electrons. The summed E-state index contributed by atoms with van der Waals surface area (Å²) >= 11 is 0. The molecule has 0 aliphatic rings. The molecule has 0 aliphatic heterocycles. The maximum absolute atomic E-state index is 12.5. The van der Waals surface area contributed by atoms with Gasteiger partial charge in [-0.2, -0.15) is 8.42 Å². The zero-order valence-corrected chi connectivity index (χ0v) is 18.6. The third-order valence-corrected chi connectivity index (χ3v) is 6.20. The summed E-state index contributed by atoms with van der Waals surface area (Å²) in [6.45, 7) is 2.56. The summed E-state index contributed by atoms with van der Waals surface area (Å²) < 4.78 is 35.4. The number of benzene rings is 2. The Hall–Kier alpha value is -3.23. The molecule has 0 aliphatic carbocycles. The van der Waals surface area contributed by atoms with E-state index in [1.165, 1.54) is 0 Å². The fourth-order valence-electron chi connectivity index (χ4n) is 3.45. The number of carbonyl (C=O) groups is 1. The van der Waals surface area contributed by atoms with Crippen LogP contribution in [0.15, 0.2) is 73.1 Å². The first-order valence-electron chi connectivity index (χ1n) is 10.3. The predicted molar refractivity (Wildman–Crippen MR) is 121 cm³/mol. The lowest BCUT2D eigenvalue weighted by atomic mass is 10.0. The maximum atomic E-state index is 12.5. The summed E-state index contributed by atoms with van der Waals surface area (Å²) in [5, 5.41) is 11.1. The summed E-state index contributed by atoms with van der Waals surface area (Å²) in [6, 6.07) is 18.3. The fourth-order valence-corrected chi connectivity index (χ4v) is 4.12. The van der Waals surface area contributed by atoms with Crippen molar-refractivity contribution in [3.8, 4) is 5.75 Å². The van der Waals surface area contributed by atoms with Gasteiger partial charge in [0.05, 0.1) is 6.42 Å². The number of carbonyl (C=O) groups excluding carboxylic acids is 1. The first kappa shape index (κ1) is 23.4. The van der Waals surface area contributed by atoms with Gasteiger partial charge in [-0.1, -0.05) is 55.5 Å². The van der Waals surface area contributed by atoms with Crippen molar-refractivity contribution in [1.82, 2.24) is 5.32 Å². The van der Waals surface area contributed by atoms with Crippen molar-refractivity contribution in [2.75, 3.05) is 0 Å². The Bertz CT molecular complexity index is 1160. The average Bonchev–Trinajstić information content (AvgIpc) is 2.76. The van der Waals surface area contributed by atoms with Crippen molar-refractivity contribution in [3.05, 3.63) is 95.3 Å². The number of hydrogen-bond donors (Lipinski definition) is 3. The van der Waals surface area contributed by atoms with Crippen molar-refractivity contribution in [2.24, 2.45) is 0 Å². The number of hydrogen-bond acceptors (Lipinski definition) is 4. The number of nitrogens with zero attached hydrogens (tertiary/aromatic N) is 1. The van der Waals surface area contributed by atoms with Crippen molar-refractivity contribution in [3.63, 3.8) is 0 Å². The Morgan fingerprint density at radius 2 is 1.59 bits per heavy atom. The van der Waals surface area contributed by atoms with E-state index in [0.717, 1.165) is 5.56 Å². The van der Waals surface area contributed by atoms with Gasteiger partial charge in [0.15, 0.2) is 24.3 Å². The maximum Gasteiger partial charge on any atom is 0.286 e. The summed E-state index contributed by atoms with van der Waals surface area (Å²) in [4.78, 5) is 12.5. The highest BCUT2D eigenvalue weighted by molar-refractivity contribution is 7.86. The SMILES string of the molecule is CCc1cccc(CC(NC(=O)Cc2ccc(C[n+]3ccccc3)cc2)S(=O)(=O)O)c1O. The topological polar surface area (TPSA) is 108 Å². The highest BCUT2D eigenvalue weighted by atomic mass is 32.2. The molecule has 1 aromatic heterocycles. The molecule has 0 saturated carbocycles. The van der Waals surface area contributed by atoms with Gasteiger partial charge in [-0.3, -0.25) is 9.35 Å². The van der Waals surface area contributed by atoms with Gasteiger partial charge in [0.1, 0.15) is 5.75 Å². The molecule has 1 unspecified atom stereocenters. The summed E-state index contributed by atoms with van der Waals surface area (Å²) in [7, 11) is -4.57. The summed E-state index contributed by atoms with van der Waals surface area (Å²) in [5.41, 5.74) is 2.79. The number of para-hydroxylation sites is 1. The second-order valence-corrected chi connectivity index (χ2v) is 9.19. The Balaban J connectivity index is 1.65. The molecular formula is C24H27N2O5S+. The fraction of sp³-hybridized carbons (Fsp3) is 0.250. The minimum atomic E-state index is -4.57. The number of amides is 1. The molecule has 0 saturated heterocycles. The summed E-state index contributed by atoms with van der Waals surface area (Å²) in [5.74, 6) is -0.561. The van der Waals surface area contributed by atoms with Gasteiger partial charge in [-0.15, -0.1) is 0 Å². The van der Waals surface area contributed by atoms with Crippen LogP contribution in [-0.2, 0) is 40.7 Å². The van der Waals surface area contributed by atoms with Crippen molar-refractivity contribution in [2.45, 2.75) is 38.1 Å². The van der Waals surface area contributed by atoms with Crippen molar-refractivity contribution < 1.29 is 27.4 Å². The number of nitrogens with one attached hydrogen (secondary N) is 1. The van der Waals surface area contributed by atoms with Gasteiger partial charge in [-0.25, -0.2) is 4.57 Å². The normalized spacial score (nSPS) is 12.3. The Labute approximate surface area is 188 Å². The number of phenols is 1. The highest BCUT2D eigenvalue weighted by Gasteiger charge is 2.27. The average molecular weight is 456 g/mol. The van der Waals surface area contributed by atoms with Crippen LogP contribution in [0.3, 0.4) is 0 Å². The monoisotopic (exact) mass is 455 g/mol. The van der Waals surface area contributed by atoms with E-state index >= 15 is 0 Å². The van der Waals surface area contributed by atoms with Gasteiger partial charge in [0.2, 0.25) is 5.91 Å². The molecule has 0 fully saturated rings. The van der Waals surface area contributed by atoms with E-state index in [1.807, 2.05) is 66.3 Å². The molecule has 0 spiro atoms. The zero-order chi connectivity index (χ0) is 23.1. The quantitative estimate of drug-likeness (QED) is 0.339. The van der Waals surface area contributed by atoms with Crippen LogP contribution < -0.4 is 9.88 Å². The van der Waals surface area contributed by atoms with E-state index < -0.39 is 21.4 Å². The molecule has 2 aromatic carbocycles. The first-order valence-corrected chi connectivity index (χ1v) is 11.8. The van der Waals surface area contributed by atoms with Gasteiger partial charge < -0.3 is 10.4 Å². The molecule has 8 heteroatoms. The number of pyridine rings is 1. The minimum Gasteiger partial charge on any atom is -0.507 e. The van der Waals surface area contributed by atoms with E-state index in [2.05, 4.69) is 5.32 Å². The van der Waals surface area contributed by atoms with Crippen LogP contribution in [0.5, 0.6) is 5.75 Å². The van der Waals surface area contributed by atoms with Crippen molar-refractivity contribution >= 4 is 16.0 Å². The molecule has 1 atom stereocenters. The van der Waals surface area contributed by atoms with E-state index in [4.69, 9.17) is 0 Å². The molecule has 3 aromatic rings. The number of phenolic OH excluding ortho intramolecular Hbond substituents is 1. The molecule has 168 valence electrons. The molecule has 3 rings (SSSR count). The Morgan fingerprint density at radius 1 is 0.969 bits per heavy atom. The molecule has 3 N–H and O–H groups in total.